The van der Waals surface area contributed by atoms with Crippen LogP contribution in [0.2, 0.25) is 0 Å². The van der Waals surface area contributed by atoms with Gasteiger partial charge in [0.2, 0.25) is 10.0 Å². The monoisotopic (exact) mass is 390 g/mol. The van der Waals surface area contributed by atoms with Gasteiger partial charge in [-0.05, 0) is 44.0 Å². The normalized spacial score (nSPS) is 18.2. The van der Waals surface area contributed by atoms with Crippen LogP contribution in [0.25, 0.3) is 11.4 Å². The summed E-state index contributed by atoms with van der Waals surface area (Å²) in [5, 5.41) is 11.1. The van der Waals surface area contributed by atoms with Crippen molar-refractivity contribution in [1.82, 2.24) is 29.3 Å². The van der Waals surface area contributed by atoms with E-state index in [0.29, 0.717) is 36.7 Å². The fourth-order valence-corrected chi connectivity index (χ4v) is 4.85. The molecule has 1 fully saturated rings. The van der Waals surface area contributed by atoms with Crippen LogP contribution in [0, 0.1) is 5.82 Å². The molecule has 1 atom stereocenters. The van der Waals surface area contributed by atoms with Gasteiger partial charge in [0.25, 0.3) is 0 Å². The molecule has 3 heterocycles. The van der Waals surface area contributed by atoms with Gasteiger partial charge in [0.15, 0.2) is 5.82 Å². The number of aromatic nitrogens is 5. The SMILES string of the molecule is CCn1cc(S(=O)(=O)N2CCC[C@H]2c2nc(-c3ccc(F)cc3)n[nH]2)cn1. The molecular formula is C17H19FN6O2S. The maximum absolute atomic E-state index is 13.1. The number of rotatable bonds is 5. The fourth-order valence-electron chi connectivity index (χ4n) is 3.24. The predicted octanol–water partition coefficient (Wildman–Crippen LogP) is 2.35. The zero-order valence-corrected chi connectivity index (χ0v) is 15.5. The molecule has 0 bridgehead atoms. The van der Waals surface area contributed by atoms with E-state index >= 15 is 0 Å². The summed E-state index contributed by atoms with van der Waals surface area (Å²) in [5.41, 5.74) is 0.663. The predicted molar refractivity (Wildman–Crippen MR) is 95.5 cm³/mol. The number of aryl methyl sites for hydroxylation is 1. The van der Waals surface area contributed by atoms with Crippen LogP contribution in [0.4, 0.5) is 4.39 Å². The van der Waals surface area contributed by atoms with Gasteiger partial charge in [-0.25, -0.2) is 17.8 Å². The summed E-state index contributed by atoms with van der Waals surface area (Å²) in [4.78, 5) is 4.63. The molecule has 2 aromatic heterocycles. The Morgan fingerprint density at radius 3 is 2.78 bits per heavy atom. The molecule has 142 valence electrons. The maximum Gasteiger partial charge on any atom is 0.246 e. The van der Waals surface area contributed by atoms with Crippen molar-refractivity contribution in [2.75, 3.05) is 6.54 Å². The van der Waals surface area contributed by atoms with Crippen molar-refractivity contribution in [2.45, 2.75) is 37.2 Å². The van der Waals surface area contributed by atoms with Crippen LogP contribution in [0.5, 0.6) is 0 Å². The molecule has 0 aliphatic carbocycles. The first-order valence-corrected chi connectivity index (χ1v) is 10.2. The van der Waals surface area contributed by atoms with Gasteiger partial charge in [-0.15, -0.1) is 0 Å². The van der Waals surface area contributed by atoms with Crippen molar-refractivity contribution in [1.29, 1.82) is 0 Å². The molecular weight excluding hydrogens is 371 g/mol. The summed E-state index contributed by atoms with van der Waals surface area (Å²) >= 11 is 0. The van der Waals surface area contributed by atoms with Gasteiger partial charge >= 0.3 is 0 Å². The minimum atomic E-state index is -3.67. The van der Waals surface area contributed by atoms with E-state index in [9.17, 15) is 12.8 Å². The Labute approximate surface area is 156 Å². The molecule has 27 heavy (non-hydrogen) atoms. The number of halogens is 1. The summed E-state index contributed by atoms with van der Waals surface area (Å²) in [6.07, 6.45) is 4.30. The summed E-state index contributed by atoms with van der Waals surface area (Å²) in [6, 6.07) is 5.43. The molecule has 0 amide bonds. The number of H-pyrrole nitrogens is 1. The Bertz CT molecular complexity index is 1040. The van der Waals surface area contributed by atoms with Gasteiger partial charge in [-0.3, -0.25) is 9.78 Å². The Kier molecular flexibility index (Phi) is 4.52. The van der Waals surface area contributed by atoms with E-state index in [1.165, 1.54) is 28.8 Å². The fraction of sp³-hybridized carbons (Fsp3) is 0.353. The summed E-state index contributed by atoms with van der Waals surface area (Å²) in [6.45, 7) is 2.91. The second-order valence-electron chi connectivity index (χ2n) is 6.36. The van der Waals surface area contributed by atoms with Crippen LogP contribution in [-0.2, 0) is 16.6 Å². The van der Waals surface area contributed by atoms with Gasteiger partial charge in [0.05, 0.1) is 12.2 Å². The average Bonchev–Trinajstić information content (AvgIpc) is 3.40. The third-order valence-corrected chi connectivity index (χ3v) is 6.53. The van der Waals surface area contributed by atoms with Gasteiger partial charge in [-0.1, -0.05) is 0 Å². The lowest BCUT2D eigenvalue weighted by Crippen LogP contribution is -2.31. The van der Waals surface area contributed by atoms with E-state index in [-0.39, 0.29) is 10.7 Å². The van der Waals surface area contributed by atoms with Gasteiger partial charge in [0.1, 0.15) is 16.5 Å². The highest BCUT2D eigenvalue weighted by atomic mass is 32.2. The highest BCUT2D eigenvalue weighted by molar-refractivity contribution is 7.89. The largest absolute Gasteiger partial charge is 0.272 e. The Hall–Kier alpha value is -2.59. The van der Waals surface area contributed by atoms with Crippen LogP contribution < -0.4 is 0 Å². The zero-order chi connectivity index (χ0) is 19.0. The number of benzene rings is 1. The van der Waals surface area contributed by atoms with E-state index in [4.69, 9.17) is 0 Å². The van der Waals surface area contributed by atoms with Crippen LogP contribution >= 0.6 is 0 Å². The van der Waals surface area contributed by atoms with E-state index < -0.39 is 16.1 Å². The van der Waals surface area contributed by atoms with Crippen molar-refractivity contribution in [3.05, 3.63) is 48.3 Å². The molecule has 1 saturated heterocycles. The summed E-state index contributed by atoms with van der Waals surface area (Å²) in [5.74, 6) is 0.557. The molecule has 0 saturated carbocycles. The Morgan fingerprint density at radius 1 is 1.30 bits per heavy atom. The van der Waals surface area contributed by atoms with Crippen LogP contribution in [0.3, 0.4) is 0 Å². The van der Waals surface area contributed by atoms with Crippen molar-refractivity contribution in [2.24, 2.45) is 0 Å². The van der Waals surface area contributed by atoms with E-state index in [0.717, 1.165) is 6.42 Å². The van der Waals surface area contributed by atoms with Gasteiger partial charge < -0.3 is 0 Å². The first-order valence-electron chi connectivity index (χ1n) is 8.71. The molecule has 10 heteroatoms. The highest BCUT2D eigenvalue weighted by Gasteiger charge is 2.38. The van der Waals surface area contributed by atoms with Crippen molar-refractivity contribution < 1.29 is 12.8 Å². The quantitative estimate of drug-likeness (QED) is 0.721. The standard InChI is InChI=1S/C17H19FN6O2S/c1-2-23-11-14(10-19-23)27(25,26)24-9-3-4-15(24)17-20-16(21-22-17)12-5-7-13(18)8-6-12/h5-8,10-11,15H,2-4,9H2,1H3,(H,20,21,22)/t15-/m0/s1. The minimum absolute atomic E-state index is 0.175. The average molecular weight is 390 g/mol. The van der Waals surface area contributed by atoms with Crippen LogP contribution in [0.15, 0.2) is 41.6 Å². The summed E-state index contributed by atoms with van der Waals surface area (Å²) < 4.78 is 42.2. The molecule has 1 aliphatic heterocycles. The molecule has 1 aromatic carbocycles. The Morgan fingerprint density at radius 2 is 2.07 bits per heavy atom. The zero-order valence-electron chi connectivity index (χ0n) is 14.7. The molecule has 1 N–H and O–H groups in total. The van der Waals surface area contributed by atoms with E-state index in [1.807, 2.05) is 6.92 Å². The maximum atomic E-state index is 13.1. The van der Waals surface area contributed by atoms with E-state index in [1.54, 1.807) is 16.8 Å². The highest BCUT2D eigenvalue weighted by Crippen LogP contribution is 2.35. The lowest BCUT2D eigenvalue weighted by atomic mass is 10.2. The molecule has 8 nitrogen and oxygen atoms in total. The lowest BCUT2D eigenvalue weighted by Gasteiger charge is -2.21. The third-order valence-electron chi connectivity index (χ3n) is 4.66. The van der Waals surface area contributed by atoms with Crippen molar-refractivity contribution in [3.63, 3.8) is 0 Å². The van der Waals surface area contributed by atoms with E-state index in [2.05, 4.69) is 20.3 Å². The molecule has 1 aliphatic rings. The van der Waals surface area contributed by atoms with Crippen LogP contribution in [0.1, 0.15) is 31.6 Å². The second kappa shape index (κ2) is 6.86. The van der Waals surface area contributed by atoms with Crippen molar-refractivity contribution >= 4 is 10.0 Å². The third kappa shape index (κ3) is 3.26. The molecule has 0 spiro atoms. The summed E-state index contributed by atoms with van der Waals surface area (Å²) in [7, 11) is -3.67. The minimum Gasteiger partial charge on any atom is -0.272 e. The van der Waals surface area contributed by atoms with Crippen LogP contribution in [-0.4, -0.2) is 44.2 Å². The molecule has 3 aromatic rings. The van der Waals surface area contributed by atoms with Crippen molar-refractivity contribution in [3.8, 4) is 11.4 Å². The topological polar surface area (TPSA) is 96.8 Å². The number of sulfonamides is 1. The first kappa shape index (κ1) is 17.8. The number of aromatic amines is 1. The number of nitrogens with one attached hydrogen (secondary N) is 1. The Balaban J connectivity index is 1.63. The second-order valence-corrected chi connectivity index (χ2v) is 8.25. The smallest absolute Gasteiger partial charge is 0.246 e. The number of hydrogen-bond donors (Lipinski definition) is 1. The molecule has 0 radical (unpaired) electrons. The first-order chi connectivity index (χ1) is 13.0. The van der Waals surface area contributed by atoms with Gasteiger partial charge in [-0.2, -0.15) is 14.5 Å². The lowest BCUT2D eigenvalue weighted by molar-refractivity contribution is 0.384. The molecule has 4 rings (SSSR count). The number of hydrogen-bond acceptors (Lipinski definition) is 5. The number of nitrogens with zero attached hydrogens (tertiary/aromatic N) is 5. The molecule has 0 unspecified atom stereocenters. The van der Waals surface area contributed by atoms with Gasteiger partial charge in [0, 0.05) is 24.8 Å².